The summed E-state index contributed by atoms with van der Waals surface area (Å²) in [5.41, 5.74) is 0.538. The van der Waals surface area contributed by atoms with E-state index in [-0.39, 0.29) is 37.0 Å². The van der Waals surface area contributed by atoms with E-state index >= 15 is 0 Å². The van der Waals surface area contributed by atoms with Crippen molar-refractivity contribution in [3.63, 3.8) is 0 Å². The van der Waals surface area contributed by atoms with Crippen LogP contribution in [-0.4, -0.2) is 52.3 Å². The topological polar surface area (TPSA) is 116 Å². The van der Waals surface area contributed by atoms with Crippen molar-refractivity contribution in [3.05, 3.63) is 59.7 Å². The summed E-state index contributed by atoms with van der Waals surface area (Å²) in [6, 6.07) is 10.7. The number of hydrogen-bond acceptors (Lipinski definition) is 5. The highest BCUT2D eigenvalue weighted by molar-refractivity contribution is 6.16. The number of carboxylic acid groups (broad SMARTS) is 1. The number of hydrogen-bond donors (Lipinski definition) is 2. The average Bonchev–Trinajstić information content (AvgIpc) is 2.91. The lowest BCUT2D eigenvalue weighted by molar-refractivity contribution is -0.274. The second-order valence-corrected chi connectivity index (χ2v) is 12.3. The van der Waals surface area contributed by atoms with Crippen molar-refractivity contribution in [1.82, 2.24) is 10.2 Å². The van der Waals surface area contributed by atoms with E-state index in [1.54, 1.807) is 29.2 Å². The molecule has 1 aliphatic carbocycles. The predicted octanol–water partition coefficient (Wildman–Crippen LogP) is 6.12. The number of nitrogens with zero attached hydrogens (tertiary/aromatic N) is 2. The number of carboxylic acids is 1. The van der Waals surface area contributed by atoms with Crippen molar-refractivity contribution < 1.29 is 42.2 Å². The number of aliphatic carboxylic acids is 1. The third-order valence-electron chi connectivity index (χ3n) is 8.38. The molecule has 1 saturated carbocycles. The highest BCUT2D eigenvalue weighted by Gasteiger charge is 2.52. The summed E-state index contributed by atoms with van der Waals surface area (Å²) in [5, 5.41) is 11.3. The van der Waals surface area contributed by atoms with Crippen LogP contribution in [0.4, 0.5) is 23.7 Å². The molecule has 0 aromatic heterocycles. The monoisotopic (exact) mass is 603 g/mol. The summed E-state index contributed by atoms with van der Waals surface area (Å²) >= 11 is 0. The van der Waals surface area contributed by atoms with Crippen molar-refractivity contribution in [1.29, 1.82) is 0 Å². The zero-order valence-electron chi connectivity index (χ0n) is 24.4. The third kappa shape index (κ3) is 7.66. The molecule has 1 spiro atoms. The number of rotatable bonds is 8. The predicted molar refractivity (Wildman–Crippen MR) is 151 cm³/mol. The highest BCUT2D eigenvalue weighted by Crippen LogP contribution is 2.48. The molecule has 0 radical (unpaired) electrons. The van der Waals surface area contributed by atoms with Crippen LogP contribution in [0.15, 0.2) is 48.5 Å². The summed E-state index contributed by atoms with van der Waals surface area (Å²) in [6.45, 7) is 6.68. The maximum atomic E-state index is 14.1. The van der Waals surface area contributed by atoms with Gasteiger partial charge >= 0.3 is 18.4 Å². The van der Waals surface area contributed by atoms with Gasteiger partial charge in [-0.2, -0.15) is 0 Å². The zero-order valence-corrected chi connectivity index (χ0v) is 24.4. The van der Waals surface area contributed by atoms with Crippen LogP contribution < -0.4 is 15.0 Å². The molecule has 43 heavy (non-hydrogen) atoms. The first-order valence-corrected chi connectivity index (χ1v) is 14.2. The molecule has 0 unspecified atom stereocenters. The van der Waals surface area contributed by atoms with Crippen LogP contribution in [0.5, 0.6) is 5.75 Å². The number of ether oxygens (including phenoxy) is 1. The highest BCUT2D eigenvalue weighted by atomic mass is 19.4. The van der Waals surface area contributed by atoms with Crippen molar-refractivity contribution >= 4 is 29.5 Å². The van der Waals surface area contributed by atoms with Gasteiger partial charge in [0.05, 0.1) is 24.1 Å². The zero-order chi connectivity index (χ0) is 31.6. The summed E-state index contributed by atoms with van der Waals surface area (Å²) in [5.74, 6) is -1.91. The van der Waals surface area contributed by atoms with Crippen molar-refractivity contribution in [2.24, 2.45) is 11.3 Å². The minimum Gasteiger partial charge on any atom is -0.481 e. The molecule has 2 N–H and O–H groups in total. The van der Waals surface area contributed by atoms with E-state index in [1.807, 2.05) is 0 Å². The molecule has 0 bridgehead atoms. The standard InChI is InChI=1S/C31H36F3N3O6/c1-29(2,3)22-12-15-30(16-13-22)18-25(38)37(23-8-10-24(11-9-23)43-31(32,33)34)28(42)36(30)19-20-4-6-21(7-5-20)27(41)35-17-14-26(39)40/h4-11,22H,12-19H2,1-3H3,(H,35,41)(H,39,40)/t22-,30-. The molecule has 0 atom stereocenters. The number of urea groups is 1. The summed E-state index contributed by atoms with van der Waals surface area (Å²) in [7, 11) is 0. The van der Waals surface area contributed by atoms with E-state index in [0.29, 0.717) is 24.3 Å². The summed E-state index contributed by atoms with van der Waals surface area (Å²) < 4.78 is 41.9. The second-order valence-electron chi connectivity index (χ2n) is 12.3. The van der Waals surface area contributed by atoms with Gasteiger partial charge in [-0.25, -0.2) is 9.69 Å². The first kappa shape index (κ1) is 31.8. The molecule has 1 heterocycles. The molecular weight excluding hydrogens is 567 g/mol. The Morgan fingerprint density at radius 1 is 1.00 bits per heavy atom. The molecular formula is C31H36F3N3O6. The number of carbonyl (C=O) groups excluding carboxylic acids is 3. The van der Waals surface area contributed by atoms with Gasteiger partial charge in [-0.15, -0.1) is 13.2 Å². The van der Waals surface area contributed by atoms with E-state index in [0.717, 1.165) is 35.4 Å². The first-order chi connectivity index (χ1) is 20.1. The number of halogens is 3. The van der Waals surface area contributed by atoms with Crippen LogP contribution in [-0.2, 0) is 16.1 Å². The smallest absolute Gasteiger partial charge is 0.481 e. The second kappa shape index (κ2) is 12.3. The van der Waals surface area contributed by atoms with Gasteiger partial charge in [-0.1, -0.05) is 32.9 Å². The van der Waals surface area contributed by atoms with Crippen LogP contribution >= 0.6 is 0 Å². The van der Waals surface area contributed by atoms with Gasteiger partial charge in [0.2, 0.25) is 5.91 Å². The SMILES string of the molecule is CC(C)(C)[C@H]1CC[C@]2(CC1)CC(=O)N(c1ccc(OC(F)(F)F)cc1)C(=O)N2Cc1ccc(C(=O)NCCC(=O)O)cc1. The maximum absolute atomic E-state index is 14.1. The molecule has 1 saturated heterocycles. The lowest BCUT2D eigenvalue weighted by Gasteiger charge is -2.53. The molecule has 232 valence electrons. The van der Waals surface area contributed by atoms with Crippen LogP contribution in [0.25, 0.3) is 0 Å². The van der Waals surface area contributed by atoms with E-state index < -0.39 is 41.5 Å². The average molecular weight is 604 g/mol. The normalized spacial score (nSPS) is 21.2. The minimum absolute atomic E-state index is 0.0105. The fourth-order valence-electron chi connectivity index (χ4n) is 5.97. The number of nitrogens with one attached hydrogen (secondary N) is 1. The number of benzene rings is 2. The van der Waals surface area contributed by atoms with Gasteiger partial charge < -0.3 is 20.1 Å². The van der Waals surface area contributed by atoms with Crippen LogP contribution in [0, 0.1) is 11.3 Å². The Morgan fingerprint density at radius 2 is 1.60 bits per heavy atom. The summed E-state index contributed by atoms with van der Waals surface area (Å²) in [6.07, 6.45) is -2.08. The molecule has 2 aromatic carbocycles. The van der Waals surface area contributed by atoms with Gasteiger partial charge in [0, 0.05) is 18.7 Å². The lowest BCUT2D eigenvalue weighted by Crippen LogP contribution is -2.64. The Bertz CT molecular complexity index is 1340. The molecule has 2 fully saturated rings. The van der Waals surface area contributed by atoms with Gasteiger partial charge in [0.1, 0.15) is 5.75 Å². The number of alkyl halides is 3. The third-order valence-corrected chi connectivity index (χ3v) is 8.38. The van der Waals surface area contributed by atoms with E-state index in [1.165, 1.54) is 12.1 Å². The Balaban J connectivity index is 1.59. The molecule has 12 heteroatoms. The van der Waals surface area contributed by atoms with E-state index in [9.17, 15) is 32.3 Å². The van der Waals surface area contributed by atoms with Gasteiger partial charge in [0.15, 0.2) is 0 Å². The van der Waals surface area contributed by atoms with E-state index in [4.69, 9.17) is 5.11 Å². The Kier molecular flexibility index (Phi) is 9.08. The largest absolute Gasteiger partial charge is 0.573 e. The Morgan fingerprint density at radius 3 is 2.14 bits per heavy atom. The van der Waals surface area contributed by atoms with Gasteiger partial charge in [0.25, 0.3) is 5.91 Å². The van der Waals surface area contributed by atoms with Crippen molar-refractivity contribution in [2.45, 2.75) is 77.7 Å². The molecule has 1 aliphatic heterocycles. The minimum atomic E-state index is -4.87. The first-order valence-electron chi connectivity index (χ1n) is 14.2. The quantitative estimate of drug-likeness (QED) is 0.376. The molecule has 9 nitrogen and oxygen atoms in total. The Hall–Kier alpha value is -4.09. The Labute approximate surface area is 248 Å². The van der Waals surface area contributed by atoms with Gasteiger partial charge in [-0.05, 0) is 79.0 Å². The lowest BCUT2D eigenvalue weighted by atomic mass is 9.65. The van der Waals surface area contributed by atoms with Gasteiger partial charge in [-0.3, -0.25) is 14.4 Å². The summed E-state index contributed by atoms with van der Waals surface area (Å²) in [4.78, 5) is 53.4. The van der Waals surface area contributed by atoms with Crippen LogP contribution in [0.3, 0.4) is 0 Å². The van der Waals surface area contributed by atoms with E-state index in [2.05, 4.69) is 30.8 Å². The number of carbonyl (C=O) groups is 4. The molecule has 4 rings (SSSR count). The fourth-order valence-corrected chi connectivity index (χ4v) is 5.97. The fraction of sp³-hybridized carbons (Fsp3) is 0.484. The van der Waals surface area contributed by atoms with Crippen LogP contribution in [0.1, 0.15) is 75.2 Å². The molecule has 2 aliphatic rings. The van der Waals surface area contributed by atoms with Crippen LogP contribution in [0.2, 0.25) is 0 Å². The van der Waals surface area contributed by atoms with Crippen molar-refractivity contribution in [3.8, 4) is 5.75 Å². The molecule has 4 amide bonds. The van der Waals surface area contributed by atoms with Crippen molar-refractivity contribution in [2.75, 3.05) is 11.4 Å². The molecule has 2 aromatic rings. The number of amides is 4. The number of anilines is 1. The maximum Gasteiger partial charge on any atom is 0.573 e. The number of imide groups is 1.